The zero-order valence-electron chi connectivity index (χ0n) is 21.4. The molecule has 1 aromatic heterocycles. The third-order valence-corrected chi connectivity index (χ3v) is 7.96. The Morgan fingerprint density at radius 3 is 2.97 bits per heavy atom. The normalized spacial score (nSPS) is 23.7. The molecule has 3 rings (SSSR count). The van der Waals surface area contributed by atoms with Gasteiger partial charge in [-0.05, 0) is 51.0 Å². The summed E-state index contributed by atoms with van der Waals surface area (Å²) >= 11 is 2.06. The lowest BCUT2D eigenvalue weighted by Gasteiger charge is -2.17. The number of aromatic nitrogens is 3. The summed E-state index contributed by atoms with van der Waals surface area (Å²) in [7, 11) is 0. The average Bonchev–Trinajstić information content (AvgIpc) is 3.50. The molecule has 4 atom stereocenters. The summed E-state index contributed by atoms with van der Waals surface area (Å²) in [6.07, 6.45) is 11.1. The van der Waals surface area contributed by atoms with Crippen molar-refractivity contribution in [1.29, 1.82) is 0 Å². The third kappa shape index (κ3) is 8.80. The number of aryl methyl sites for hydroxylation is 1. The van der Waals surface area contributed by atoms with Crippen LogP contribution in [0.15, 0.2) is 18.1 Å². The van der Waals surface area contributed by atoms with Crippen LogP contribution >= 0.6 is 11.8 Å². The van der Waals surface area contributed by atoms with E-state index in [4.69, 9.17) is 4.74 Å². The van der Waals surface area contributed by atoms with E-state index in [9.17, 15) is 4.79 Å². The lowest BCUT2D eigenvalue weighted by atomic mass is 10.0. The number of carbonyl (C=O) groups excluding carboxylic acids is 1. The fourth-order valence-corrected chi connectivity index (χ4v) is 5.91. The van der Waals surface area contributed by atoms with Crippen LogP contribution in [0, 0.1) is 5.92 Å². The number of nitrogens with zero attached hydrogens (tertiary/aromatic N) is 3. The highest BCUT2D eigenvalue weighted by Gasteiger charge is 2.40. The van der Waals surface area contributed by atoms with Crippen LogP contribution in [-0.4, -0.2) is 56.7 Å². The van der Waals surface area contributed by atoms with Gasteiger partial charge in [-0.2, -0.15) is 11.8 Å². The molecule has 3 N–H and O–H groups in total. The second-order valence-corrected chi connectivity index (χ2v) is 11.2. The Hall–Kier alpha value is -1.74. The first-order valence-corrected chi connectivity index (χ1v) is 14.1. The highest BCUT2D eigenvalue weighted by atomic mass is 32.2. The molecule has 0 aliphatic carbocycles. The molecule has 0 saturated carbocycles. The van der Waals surface area contributed by atoms with Crippen molar-refractivity contribution in [3.63, 3.8) is 0 Å². The maximum atomic E-state index is 12.3. The molecule has 4 unspecified atom stereocenters. The summed E-state index contributed by atoms with van der Waals surface area (Å²) in [5.41, 5.74) is 0.797. The van der Waals surface area contributed by atoms with Crippen LogP contribution in [0.1, 0.15) is 78.3 Å². The van der Waals surface area contributed by atoms with Crippen molar-refractivity contribution in [2.24, 2.45) is 5.92 Å². The number of fused-ring (bicyclic) bond motifs is 1. The molecule has 8 nitrogen and oxygen atoms in total. The van der Waals surface area contributed by atoms with Crippen LogP contribution in [0.4, 0.5) is 0 Å². The van der Waals surface area contributed by atoms with Crippen LogP contribution in [0.5, 0.6) is 0 Å². The fourth-order valence-electron chi connectivity index (χ4n) is 4.36. The average molecular weight is 493 g/mol. The minimum Gasteiger partial charge on any atom is -0.378 e. The van der Waals surface area contributed by atoms with Gasteiger partial charge in [0.25, 0.3) is 0 Å². The zero-order chi connectivity index (χ0) is 24.3. The molecule has 0 spiro atoms. The lowest BCUT2D eigenvalue weighted by molar-refractivity contribution is -0.121. The molecular formula is C25H44N6O2S. The first-order chi connectivity index (χ1) is 16.4. The van der Waals surface area contributed by atoms with Crippen molar-refractivity contribution in [1.82, 2.24) is 30.9 Å². The number of amides is 1. The van der Waals surface area contributed by atoms with E-state index >= 15 is 0 Å². The van der Waals surface area contributed by atoms with Crippen molar-refractivity contribution in [2.75, 3.05) is 12.4 Å². The van der Waals surface area contributed by atoms with E-state index in [1.807, 2.05) is 10.9 Å². The fraction of sp³-hybridized carbons (Fsp3) is 0.800. The monoisotopic (exact) mass is 492 g/mol. The van der Waals surface area contributed by atoms with Gasteiger partial charge in [0.2, 0.25) is 5.91 Å². The molecule has 2 saturated heterocycles. The zero-order valence-corrected chi connectivity index (χ0v) is 22.2. The molecular weight excluding hydrogens is 448 g/mol. The number of thioether (sulfide) groups is 1. The van der Waals surface area contributed by atoms with Gasteiger partial charge in [-0.1, -0.05) is 32.4 Å². The molecule has 2 aliphatic heterocycles. The minimum atomic E-state index is 0.0903. The molecule has 1 amide bonds. The molecule has 9 heteroatoms. The topological polar surface area (TPSA) is 93.1 Å². The van der Waals surface area contributed by atoms with Gasteiger partial charge in [-0.3, -0.25) is 9.48 Å². The van der Waals surface area contributed by atoms with E-state index in [1.54, 1.807) is 0 Å². The number of rotatable bonds is 15. The number of hydrogen-bond donors (Lipinski definition) is 3. The Kier molecular flexibility index (Phi) is 11.0. The first kappa shape index (κ1) is 26.9. The second kappa shape index (κ2) is 14.0. The van der Waals surface area contributed by atoms with E-state index in [0.717, 1.165) is 63.1 Å². The van der Waals surface area contributed by atoms with E-state index in [0.29, 0.717) is 36.2 Å². The van der Waals surface area contributed by atoms with Gasteiger partial charge in [0, 0.05) is 30.6 Å². The highest BCUT2D eigenvalue weighted by molar-refractivity contribution is 8.00. The molecule has 192 valence electrons. The van der Waals surface area contributed by atoms with Crippen LogP contribution in [0.3, 0.4) is 0 Å². The molecule has 0 bridgehead atoms. The third-order valence-electron chi connectivity index (χ3n) is 6.45. The quantitative estimate of drug-likeness (QED) is 0.322. The van der Waals surface area contributed by atoms with E-state index < -0.39 is 0 Å². The Morgan fingerprint density at radius 2 is 2.18 bits per heavy atom. The predicted octanol–water partition coefficient (Wildman–Crippen LogP) is 3.59. The van der Waals surface area contributed by atoms with Gasteiger partial charge >= 0.3 is 0 Å². The Bertz CT molecular complexity index is 783. The van der Waals surface area contributed by atoms with E-state index in [-0.39, 0.29) is 12.0 Å². The number of hydrogen-bond acceptors (Lipinski definition) is 7. The predicted molar refractivity (Wildman–Crippen MR) is 138 cm³/mol. The summed E-state index contributed by atoms with van der Waals surface area (Å²) in [5.74, 6) is 3.11. The highest BCUT2D eigenvalue weighted by Crippen LogP contribution is 2.34. The van der Waals surface area contributed by atoms with Crippen LogP contribution in [-0.2, 0) is 22.6 Å². The molecule has 0 radical (unpaired) electrons. The molecule has 2 aliphatic rings. The second-order valence-electron chi connectivity index (χ2n) is 9.97. The smallest absolute Gasteiger partial charge is 0.220 e. The summed E-state index contributed by atoms with van der Waals surface area (Å²) in [4.78, 5) is 12.3. The van der Waals surface area contributed by atoms with Crippen molar-refractivity contribution >= 4 is 17.7 Å². The first-order valence-electron chi connectivity index (χ1n) is 13.1. The van der Waals surface area contributed by atoms with E-state index in [1.165, 1.54) is 5.82 Å². The summed E-state index contributed by atoms with van der Waals surface area (Å²) in [6.45, 7) is 10.7. The van der Waals surface area contributed by atoms with Crippen LogP contribution in [0.2, 0.25) is 0 Å². The molecule has 2 fully saturated rings. The summed E-state index contributed by atoms with van der Waals surface area (Å²) in [5, 5.41) is 19.2. The van der Waals surface area contributed by atoms with E-state index in [2.05, 4.69) is 71.8 Å². The van der Waals surface area contributed by atoms with Gasteiger partial charge in [0.15, 0.2) is 0 Å². The largest absolute Gasteiger partial charge is 0.378 e. The van der Waals surface area contributed by atoms with Crippen LogP contribution < -0.4 is 16.0 Å². The molecule has 1 aromatic rings. The van der Waals surface area contributed by atoms with Gasteiger partial charge in [0.1, 0.15) is 5.69 Å². The Morgan fingerprint density at radius 1 is 1.32 bits per heavy atom. The standard InChI is InChI=1S/C25H44N6O2S/c1-5-8-23-27-21-17-34-22(25(21)28-23)9-6-7-10-24(32)26-15-20-16-31(30-29-20)13-11-19(4)33-14-12-18(2)3/h8,16,18-19,21-22,25,27-28H,5-7,9-15,17H2,1-4H3,(H,26,32)/b23-8-. The number of unbranched alkanes of at least 4 members (excludes halogenated alkanes) is 1. The molecule has 34 heavy (non-hydrogen) atoms. The molecule has 3 heterocycles. The van der Waals surface area contributed by atoms with Crippen molar-refractivity contribution in [2.45, 2.75) is 109 Å². The van der Waals surface area contributed by atoms with Crippen molar-refractivity contribution < 1.29 is 9.53 Å². The maximum Gasteiger partial charge on any atom is 0.220 e. The summed E-state index contributed by atoms with van der Waals surface area (Å²) in [6, 6.07) is 1.07. The van der Waals surface area contributed by atoms with Gasteiger partial charge < -0.3 is 20.7 Å². The van der Waals surface area contributed by atoms with Gasteiger partial charge in [0.05, 0.1) is 36.8 Å². The number of nitrogens with one attached hydrogen (secondary N) is 3. The minimum absolute atomic E-state index is 0.0903. The van der Waals surface area contributed by atoms with Gasteiger partial charge in [-0.15, -0.1) is 5.10 Å². The number of ether oxygens (including phenoxy) is 1. The Balaban J connectivity index is 1.25. The Labute approximate surface area is 209 Å². The van der Waals surface area contributed by atoms with Crippen molar-refractivity contribution in [3.8, 4) is 0 Å². The number of allylic oxidation sites excluding steroid dienone is 1. The molecule has 0 aromatic carbocycles. The van der Waals surface area contributed by atoms with Crippen LogP contribution in [0.25, 0.3) is 0 Å². The SMILES string of the molecule is CC/C=C1/NC2CSC(CCCCC(=O)NCc3cn(CCC(C)OCCC(C)C)nn3)C2N1. The summed E-state index contributed by atoms with van der Waals surface area (Å²) < 4.78 is 7.68. The van der Waals surface area contributed by atoms with Gasteiger partial charge in [-0.25, -0.2) is 0 Å². The maximum absolute atomic E-state index is 12.3. The van der Waals surface area contributed by atoms with Crippen molar-refractivity contribution in [3.05, 3.63) is 23.8 Å². The number of carbonyl (C=O) groups is 1. The lowest BCUT2D eigenvalue weighted by Crippen LogP contribution is -2.36.